The quantitative estimate of drug-likeness (QED) is 0.807. The number of ketones is 1. The summed E-state index contributed by atoms with van der Waals surface area (Å²) >= 11 is 0. The first-order chi connectivity index (χ1) is 8.25. The molecule has 2 heteroatoms. The fraction of sp³-hybridized carbons (Fsp3) is 0.133. The highest BCUT2D eigenvalue weighted by Gasteiger charge is 1.98. The standard InChI is InChI=1S/C15H15NO/c1-12(17)14-9-7-13(8-10-14)11-16-15-5-3-2-4-6-15/h2-10,16H,11H2,1H3. The molecule has 0 amide bonds. The topological polar surface area (TPSA) is 29.1 Å². The molecule has 17 heavy (non-hydrogen) atoms. The number of carbonyl (C=O) groups is 1. The highest BCUT2D eigenvalue weighted by molar-refractivity contribution is 5.94. The third kappa shape index (κ3) is 3.18. The number of hydrogen-bond donors (Lipinski definition) is 1. The van der Waals surface area contributed by atoms with Crippen molar-refractivity contribution in [3.63, 3.8) is 0 Å². The fourth-order valence-electron chi connectivity index (χ4n) is 1.62. The van der Waals surface area contributed by atoms with Crippen molar-refractivity contribution in [2.24, 2.45) is 0 Å². The molecule has 2 aromatic rings. The third-order valence-electron chi connectivity index (χ3n) is 2.63. The van der Waals surface area contributed by atoms with Gasteiger partial charge in [0.25, 0.3) is 0 Å². The molecule has 0 saturated heterocycles. The Kier molecular flexibility index (Phi) is 3.55. The van der Waals surface area contributed by atoms with Crippen LogP contribution in [-0.2, 0) is 6.54 Å². The lowest BCUT2D eigenvalue weighted by atomic mass is 10.1. The van der Waals surface area contributed by atoms with Crippen LogP contribution in [0.1, 0.15) is 22.8 Å². The van der Waals surface area contributed by atoms with Crippen LogP contribution < -0.4 is 5.32 Å². The molecular weight excluding hydrogens is 210 g/mol. The molecule has 0 aliphatic heterocycles. The average Bonchev–Trinajstić information content (AvgIpc) is 2.38. The van der Waals surface area contributed by atoms with Crippen LogP contribution in [0.2, 0.25) is 0 Å². The van der Waals surface area contributed by atoms with Gasteiger partial charge in [-0.15, -0.1) is 0 Å². The van der Waals surface area contributed by atoms with Gasteiger partial charge in [-0.25, -0.2) is 0 Å². The normalized spacial score (nSPS) is 9.94. The molecule has 0 saturated carbocycles. The fourth-order valence-corrected chi connectivity index (χ4v) is 1.62. The second kappa shape index (κ2) is 5.30. The van der Waals surface area contributed by atoms with E-state index >= 15 is 0 Å². The van der Waals surface area contributed by atoms with Gasteiger partial charge in [-0.2, -0.15) is 0 Å². The van der Waals surface area contributed by atoms with Crippen molar-refractivity contribution in [1.82, 2.24) is 0 Å². The first-order valence-corrected chi connectivity index (χ1v) is 5.64. The van der Waals surface area contributed by atoms with E-state index in [0.29, 0.717) is 0 Å². The predicted octanol–water partition coefficient (Wildman–Crippen LogP) is 3.50. The van der Waals surface area contributed by atoms with E-state index in [0.717, 1.165) is 17.8 Å². The molecule has 0 bridgehead atoms. The zero-order valence-electron chi connectivity index (χ0n) is 9.81. The van der Waals surface area contributed by atoms with Crippen LogP contribution in [0.3, 0.4) is 0 Å². The molecule has 0 unspecified atom stereocenters. The summed E-state index contributed by atoms with van der Waals surface area (Å²) in [6.07, 6.45) is 0. The lowest BCUT2D eigenvalue weighted by molar-refractivity contribution is 0.101. The summed E-state index contributed by atoms with van der Waals surface area (Å²) in [4.78, 5) is 11.1. The summed E-state index contributed by atoms with van der Waals surface area (Å²) < 4.78 is 0. The molecule has 2 rings (SSSR count). The maximum atomic E-state index is 11.1. The molecule has 86 valence electrons. The van der Waals surface area contributed by atoms with Crippen LogP contribution in [0.25, 0.3) is 0 Å². The minimum Gasteiger partial charge on any atom is -0.381 e. The van der Waals surface area contributed by atoms with Gasteiger partial charge in [0.15, 0.2) is 5.78 Å². The molecular formula is C15H15NO. The Hall–Kier alpha value is -2.09. The molecule has 0 atom stereocenters. The van der Waals surface area contributed by atoms with E-state index < -0.39 is 0 Å². The van der Waals surface area contributed by atoms with Gasteiger partial charge >= 0.3 is 0 Å². The molecule has 2 nitrogen and oxygen atoms in total. The monoisotopic (exact) mass is 225 g/mol. The molecule has 2 aromatic carbocycles. The Labute approximate surface area is 101 Å². The minimum atomic E-state index is 0.104. The molecule has 0 radical (unpaired) electrons. The van der Waals surface area contributed by atoms with E-state index in [1.807, 2.05) is 54.6 Å². The summed E-state index contributed by atoms with van der Waals surface area (Å²) in [5, 5.41) is 3.32. The summed E-state index contributed by atoms with van der Waals surface area (Å²) in [6, 6.07) is 17.7. The molecule has 1 N–H and O–H groups in total. The van der Waals surface area contributed by atoms with E-state index in [1.54, 1.807) is 6.92 Å². The SMILES string of the molecule is CC(=O)c1ccc(CNc2ccccc2)cc1. The highest BCUT2D eigenvalue weighted by Crippen LogP contribution is 2.09. The first kappa shape index (κ1) is 11.4. The highest BCUT2D eigenvalue weighted by atomic mass is 16.1. The number of rotatable bonds is 4. The Bertz CT molecular complexity index is 488. The number of nitrogens with one attached hydrogen (secondary N) is 1. The largest absolute Gasteiger partial charge is 0.381 e. The van der Waals surface area contributed by atoms with Gasteiger partial charge in [-0.05, 0) is 24.6 Å². The Balaban J connectivity index is 1.98. The Morgan fingerprint density at radius 3 is 2.24 bits per heavy atom. The number of Topliss-reactive ketones (excluding diaryl/α,β-unsaturated/α-hetero) is 1. The van der Waals surface area contributed by atoms with Crippen LogP contribution in [0.4, 0.5) is 5.69 Å². The van der Waals surface area contributed by atoms with Crippen LogP contribution in [0.5, 0.6) is 0 Å². The summed E-state index contributed by atoms with van der Waals surface area (Å²) in [5.41, 5.74) is 3.02. The zero-order chi connectivity index (χ0) is 12.1. The second-order valence-corrected chi connectivity index (χ2v) is 3.97. The second-order valence-electron chi connectivity index (χ2n) is 3.97. The van der Waals surface area contributed by atoms with Gasteiger partial charge in [-0.3, -0.25) is 4.79 Å². The van der Waals surface area contributed by atoms with Gasteiger partial charge < -0.3 is 5.32 Å². The Morgan fingerprint density at radius 2 is 1.65 bits per heavy atom. The first-order valence-electron chi connectivity index (χ1n) is 5.64. The smallest absolute Gasteiger partial charge is 0.159 e. The van der Waals surface area contributed by atoms with E-state index in [4.69, 9.17) is 0 Å². The molecule has 0 fully saturated rings. The maximum Gasteiger partial charge on any atom is 0.159 e. The molecule has 0 aromatic heterocycles. The van der Waals surface area contributed by atoms with Gasteiger partial charge in [0.2, 0.25) is 0 Å². The van der Waals surface area contributed by atoms with E-state index in [-0.39, 0.29) is 5.78 Å². The van der Waals surface area contributed by atoms with Gasteiger partial charge in [0, 0.05) is 17.8 Å². The van der Waals surface area contributed by atoms with Crippen molar-refractivity contribution in [2.45, 2.75) is 13.5 Å². The number of para-hydroxylation sites is 1. The number of hydrogen-bond acceptors (Lipinski definition) is 2. The number of carbonyl (C=O) groups excluding carboxylic acids is 1. The van der Waals surface area contributed by atoms with E-state index in [9.17, 15) is 4.79 Å². The summed E-state index contributed by atoms with van der Waals surface area (Å²) in [7, 11) is 0. The predicted molar refractivity (Wildman–Crippen MR) is 70.2 cm³/mol. The molecule has 0 aliphatic carbocycles. The molecule has 0 aliphatic rings. The van der Waals surface area contributed by atoms with Crippen molar-refractivity contribution in [1.29, 1.82) is 0 Å². The minimum absolute atomic E-state index is 0.104. The number of anilines is 1. The van der Waals surface area contributed by atoms with E-state index in [2.05, 4.69) is 5.32 Å². The molecule has 0 spiro atoms. The summed E-state index contributed by atoms with van der Waals surface area (Å²) in [5.74, 6) is 0.104. The van der Waals surface area contributed by atoms with Crippen molar-refractivity contribution >= 4 is 11.5 Å². The Morgan fingerprint density at radius 1 is 1.00 bits per heavy atom. The van der Waals surface area contributed by atoms with Gasteiger partial charge in [-0.1, -0.05) is 42.5 Å². The maximum absolute atomic E-state index is 11.1. The van der Waals surface area contributed by atoms with Crippen molar-refractivity contribution in [3.8, 4) is 0 Å². The van der Waals surface area contributed by atoms with Crippen molar-refractivity contribution in [2.75, 3.05) is 5.32 Å². The third-order valence-corrected chi connectivity index (χ3v) is 2.63. The van der Waals surface area contributed by atoms with Gasteiger partial charge in [0.1, 0.15) is 0 Å². The van der Waals surface area contributed by atoms with Crippen LogP contribution >= 0.6 is 0 Å². The number of benzene rings is 2. The lowest BCUT2D eigenvalue weighted by Crippen LogP contribution is -1.99. The van der Waals surface area contributed by atoms with Crippen LogP contribution in [-0.4, -0.2) is 5.78 Å². The lowest BCUT2D eigenvalue weighted by Gasteiger charge is -2.06. The molecule has 0 heterocycles. The van der Waals surface area contributed by atoms with Crippen molar-refractivity contribution in [3.05, 3.63) is 65.7 Å². The van der Waals surface area contributed by atoms with E-state index in [1.165, 1.54) is 5.56 Å². The average molecular weight is 225 g/mol. The van der Waals surface area contributed by atoms with Crippen LogP contribution in [0.15, 0.2) is 54.6 Å². The zero-order valence-corrected chi connectivity index (χ0v) is 9.81. The van der Waals surface area contributed by atoms with Gasteiger partial charge in [0.05, 0.1) is 0 Å². The summed E-state index contributed by atoms with van der Waals surface area (Å²) in [6.45, 7) is 2.35. The van der Waals surface area contributed by atoms with Crippen LogP contribution in [0, 0.1) is 0 Å². The van der Waals surface area contributed by atoms with Crippen molar-refractivity contribution < 1.29 is 4.79 Å².